The van der Waals surface area contributed by atoms with Gasteiger partial charge in [0.25, 0.3) is 0 Å². The second-order valence-corrected chi connectivity index (χ2v) is 13.8. The Labute approximate surface area is 279 Å². The molecule has 0 radical (unpaired) electrons. The molecule has 0 aliphatic carbocycles. The van der Waals surface area contributed by atoms with E-state index in [1.54, 1.807) is 0 Å². The molecule has 0 aliphatic rings. The Hall–Kier alpha value is -5.34. The SMILES string of the molecule is Cc1ccc(N(c2ccc(C)cc2)c2c3ccccc3c(N(c3ccc(C)cc3)c3ccc(C(C)(C)C)cc3)c3ccccc23)cc1. The van der Waals surface area contributed by atoms with E-state index in [1.165, 1.54) is 55.2 Å². The fourth-order valence-electron chi connectivity index (χ4n) is 6.57. The molecule has 0 bridgehead atoms. The van der Waals surface area contributed by atoms with Gasteiger partial charge < -0.3 is 9.80 Å². The third kappa shape index (κ3) is 5.77. The zero-order chi connectivity index (χ0) is 32.7. The first-order chi connectivity index (χ1) is 22.7. The Morgan fingerprint density at radius 2 is 0.596 bits per heavy atom. The maximum absolute atomic E-state index is 2.45. The minimum Gasteiger partial charge on any atom is -0.309 e. The van der Waals surface area contributed by atoms with Crippen LogP contribution in [0.5, 0.6) is 0 Å². The van der Waals surface area contributed by atoms with Crippen LogP contribution in [-0.4, -0.2) is 0 Å². The number of benzene rings is 7. The van der Waals surface area contributed by atoms with Crippen molar-refractivity contribution in [1.29, 1.82) is 0 Å². The number of nitrogens with zero attached hydrogens (tertiary/aromatic N) is 2. The van der Waals surface area contributed by atoms with Crippen LogP contribution in [0.3, 0.4) is 0 Å². The summed E-state index contributed by atoms with van der Waals surface area (Å²) in [6, 6.07) is 53.6. The first kappa shape index (κ1) is 30.3. The van der Waals surface area contributed by atoms with Crippen molar-refractivity contribution in [3.63, 3.8) is 0 Å². The summed E-state index contributed by atoms with van der Waals surface area (Å²) in [5.74, 6) is 0. The smallest absolute Gasteiger partial charge is 0.0619 e. The normalized spacial score (nSPS) is 11.6. The van der Waals surface area contributed by atoms with Crippen molar-refractivity contribution in [3.05, 3.63) is 168 Å². The van der Waals surface area contributed by atoms with Crippen molar-refractivity contribution in [2.24, 2.45) is 0 Å². The van der Waals surface area contributed by atoms with Crippen molar-refractivity contribution in [1.82, 2.24) is 0 Å². The van der Waals surface area contributed by atoms with Crippen LogP contribution in [0, 0.1) is 20.8 Å². The summed E-state index contributed by atoms with van der Waals surface area (Å²) in [5.41, 5.74) is 12.0. The predicted molar refractivity (Wildman–Crippen MR) is 204 cm³/mol. The van der Waals surface area contributed by atoms with Crippen LogP contribution in [0.2, 0.25) is 0 Å². The van der Waals surface area contributed by atoms with Gasteiger partial charge in [-0.15, -0.1) is 0 Å². The number of hydrogen-bond donors (Lipinski definition) is 0. The van der Waals surface area contributed by atoms with Crippen molar-refractivity contribution in [2.45, 2.75) is 47.0 Å². The highest BCUT2D eigenvalue weighted by Crippen LogP contribution is 2.51. The molecule has 0 aromatic heterocycles. The van der Waals surface area contributed by atoms with Gasteiger partial charge in [-0.25, -0.2) is 0 Å². The average molecular weight is 611 g/mol. The lowest BCUT2D eigenvalue weighted by Crippen LogP contribution is -2.15. The highest BCUT2D eigenvalue weighted by atomic mass is 15.2. The lowest BCUT2D eigenvalue weighted by Gasteiger charge is -2.33. The standard InChI is InChI=1S/C45H42N2/c1-31-15-23-35(24-16-31)46(36-25-17-32(2)18-26-36)43-39-11-7-9-13-41(39)44(42-14-10-8-12-40(42)43)47(37-27-19-33(3)20-28-37)38-29-21-34(22-30-38)45(4,5)6/h7-30H,1-6H3. The third-order valence-electron chi connectivity index (χ3n) is 9.19. The topological polar surface area (TPSA) is 6.48 Å². The average Bonchev–Trinajstić information content (AvgIpc) is 3.08. The van der Waals surface area contributed by atoms with Gasteiger partial charge in [0.2, 0.25) is 0 Å². The molecule has 0 amide bonds. The largest absolute Gasteiger partial charge is 0.309 e. The van der Waals surface area contributed by atoms with E-state index in [4.69, 9.17) is 0 Å². The first-order valence-electron chi connectivity index (χ1n) is 16.5. The van der Waals surface area contributed by atoms with Gasteiger partial charge in [-0.2, -0.15) is 0 Å². The maximum atomic E-state index is 2.45. The molecule has 0 fully saturated rings. The molecule has 2 nitrogen and oxygen atoms in total. The van der Waals surface area contributed by atoms with Crippen molar-refractivity contribution in [3.8, 4) is 0 Å². The minimum absolute atomic E-state index is 0.0731. The van der Waals surface area contributed by atoms with Crippen LogP contribution in [0.25, 0.3) is 21.5 Å². The van der Waals surface area contributed by atoms with E-state index in [0.29, 0.717) is 0 Å². The zero-order valence-electron chi connectivity index (χ0n) is 28.3. The van der Waals surface area contributed by atoms with E-state index >= 15 is 0 Å². The lowest BCUT2D eigenvalue weighted by molar-refractivity contribution is 0.590. The number of fused-ring (bicyclic) bond motifs is 2. The Balaban J connectivity index is 1.57. The summed E-state index contributed by atoms with van der Waals surface area (Å²) >= 11 is 0. The molecule has 0 aliphatic heterocycles. The molecule has 0 saturated heterocycles. The second-order valence-electron chi connectivity index (χ2n) is 13.8. The molecule has 0 unspecified atom stereocenters. The monoisotopic (exact) mass is 610 g/mol. The van der Waals surface area contributed by atoms with Gasteiger partial charge in [-0.05, 0) is 80.3 Å². The van der Waals surface area contributed by atoms with Gasteiger partial charge >= 0.3 is 0 Å². The number of aryl methyl sites for hydroxylation is 3. The highest BCUT2D eigenvalue weighted by Gasteiger charge is 2.25. The number of hydrogen-bond acceptors (Lipinski definition) is 2. The summed E-state index contributed by atoms with van der Waals surface area (Å²) in [6.07, 6.45) is 0. The Morgan fingerprint density at radius 1 is 0.340 bits per heavy atom. The summed E-state index contributed by atoms with van der Waals surface area (Å²) in [5, 5.41) is 4.80. The van der Waals surface area contributed by atoms with Gasteiger partial charge in [0.15, 0.2) is 0 Å². The highest BCUT2D eigenvalue weighted by molar-refractivity contribution is 6.23. The number of rotatable bonds is 6. The van der Waals surface area contributed by atoms with E-state index in [-0.39, 0.29) is 5.41 Å². The van der Waals surface area contributed by atoms with Crippen LogP contribution < -0.4 is 9.80 Å². The molecule has 0 N–H and O–H groups in total. The van der Waals surface area contributed by atoms with Gasteiger partial charge in [0.1, 0.15) is 0 Å². The van der Waals surface area contributed by atoms with Crippen LogP contribution >= 0.6 is 0 Å². The first-order valence-corrected chi connectivity index (χ1v) is 16.5. The van der Waals surface area contributed by atoms with Gasteiger partial charge in [-0.1, -0.05) is 135 Å². The molecular formula is C45H42N2. The molecule has 232 valence electrons. The van der Waals surface area contributed by atoms with E-state index < -0.39 is 0 Å². The van der Waals surface area contributed by atoms with Crippen LogP contribution in [0.4, 0.5) is 34.1 Å². The third-order valence-corrected chi connectivity index (χ3v) is 9.19. The zero-order valence-corrected chi connectivity index (χ0v) is 28.3. The minimum atomic E-state index is 0.0731. The molecule has 0 heterocycles. The molecule has 0 saturated carbocycles. The molecule has 2 heteroatoms. The summed E-state index contributed by atoms with van der Waals surface area (Å²) in [7, 11) is 0. The van der Waals surface area contributed by atoms with Crippen molar-refractivity contribution in [2.75, 3.05) is 9.80 Å². The summed E-state index contributed by atoms with van der Waals surface area (Å²) in [6.45, 7) is 13.3. The Morgan fingerprint density at radius 3 is 0.851 bits per heavy atom. The van der Waals surface area contributed by atoms with Crippen molar-refractivity contribution < 1.29 is 0 Å². The van der Waals surface area contributed by atoms with Gasteiger partial charge in [0.05, 0.1) is 11.4 Å². The quantitative estimate of drug-likeness (QED) is 0.136. The van der Waals surface area contributed by atoms with Gasteiger partial charge in [0, 0.05) is 44.3 Å². The molecular weight excluding hydrogens is 569 g/mol. The summed E-state index contributed by atoms with van der Waals surface area (Å²) < 4.78 is 0. The van der Waals surface area contributed by atoms with Gasteiger partial charge in [-0.3, -0.25) is 0 Å². The van der Waals surface area contributed by atoms with E-state index in [9.17, 15) is 0 Å². The molecule has 7 aromatic carbocycles. The summed E-state index contributed by atoms with van der Waals surface area (Å²) in [4.78, 5) is 4.88. The van der Waals surface area contributed by atoms with Crippen LogP contribution in [0.15, 0.2) is 146 Å². The molecule has 7 aromatic rings. The predicted octanol–water partition coefficient (Wildman–Crippen LogP) is 13.2. The fourth-order valence-corrected chi connectivity index (χ4v) is 6.57. The van der Waals surface area contributed by atoms with E-state index in [2.05, 4.69) is 197 Å². The Kier molecular flexibility index (Phi) is 7.82. The lowest BCUT2D eigenvalue weighted by atomic mass is 9.87. The fraction of sp³-hybridized carbons (Fsp3) is 0.156. The maximum Gasteiger partial charge on any atom is 0.0619 e. The van der Waals surface area contributed by atoms with Crippen LogP contribution in [-0.2, 0) is 5.41 Å². The Bertz CT molecular complexity index is 2070. The van der Waals surface area contributed by atoms with Crippen LogP contribution in [0.1, 0.15) is 43.0 Å². The van der Waals surface area contributed by atoms with E-state index in [1.807, 2.05) is 0 Å². The van der Waals surface area contributed by atoms with E-state index in [0.717, 1.165) is 22.7 Å². The van der Waals surface area contributed by atoms with Crippen molar-refractivity contribution >= 4 is 55.7 Å². The molecule has 0 spiro atoms. The molecule has 47 heavy (non-hydrogen) atoms. The molecule has 0 atom stereocenters. The molecule has 7 rings (SSSR count). The second kappa shape index (κ2) is 12.1. The number of anilines is 6.